The quantitative estimate of drug-likeness (QED) is 0.539. The van der Waals surface area contributed by atoms with Crippen LogP contribution in [-0.4, -0.2) is 41.7 Å². The van der Waals surface area contributed by atoms with Gasteiger partial charge in [-0.3, -0.25) is 4.79 Å². The van der Waals surface area contributed by atoms with Crippen LogP contribution in [0.4, 0.5) is 0 Å². The van der Waals surface area contributed by atoms with Crippen LogP contribution < -0.4 is 0 Å². The molecule has 7 nitrogen and oxygen atoms in total. The second-order valence-corrected chi connectivity index (χ2v) is 7.66. The summed E-state index contributed by atoms with van der Waals surface area (Å²) in [6.45, 7) is 1.13. The maximum atomic E-state index is 13.1. The highest BCUT2D eigenvalue weighted by Crippen LogP contribution is 2.26. The summed E-state index contributed by atoms with van der Waals surface area (Å²) in [4.78, 5) is 24.9. The number of carbonyl (C=O) groups excluding carboxylic acids is 1. The van der Waals surface area contributed by atoms with Crippen LogP contribution in [0.1, 0.15) is 22.0 Å². The summed E-state index contributed by atoms with van der Waals surface area (Å²) in [5.74, 6) is 0.732. The third-order valence-corrected chi connectivity index (χ3v) is 5.80. The van der Waals surface area contributed by atoms with Crippen molar-refractivity contribution in [3.8, 4) is 16.4 Å². The van der Waals surface area contributed by atoms with Gasteiger partial charge in [0, 0.05) is 25.7 Å². The fourth-order valence-corrected chi connectivity index (χ4v) is 4.19. The molecule has 0 spiro atoms. The Balaban J connectivity index is 1.51. The van der Waals surface area contributed by atoms with Gasteiger partial charge in [-0.15, -0.1) is 16.4 Å². The van der Waals surface area contributed by atoms with Gasteiger partial charge in [0.25, 0.3) is 5.91 Å². The third kappa shape index (κ3) is 2.82. The molecule has 28 heavy (non-hydrogen) atoms. The van der Waals surface area contributed by atoms with Crippen LogP contribution in [0.25, 0.3) is 16.4 Å². The summed E-state index contributed by atoms with van der Waals surface area (Å²) in [6.07, 6.45) is 2.59. The Hall–Kier alpha value is -3.26. The highest BCUT2D eigenvalue weighted by molar-refractivity contribution is 7.13. The largest absolute Gasteiger partial charge is 0.337 e. The molecule has 0 saturated heterocycles. The zero-order chi connectivity index (χ0) is 19.1. The van der Waals surface area contributed by atoms with E-state index in [0.717, 1.165) is 22.7 Å². The zero-order valence-electron chi connectivity index (χ0n) is 15.3. The molecule has 5 rings (SSSR count). The Bertz CT molecular complexity index is 1130. The van der Waals surface area contributed by atoms with Crippen molar-refractivity contribution in [2.24, 2.45) is 7.05 Å². The van der Waals surface area contributed by atoms with E-state index in [1.54, 1.807) is 27.2 Å². The first-order chi connectivity index (χ1) is 13.7. The number of aromatic nitrogens is 5. The van der Waals surface area contributed by atoms with Crippen LogP contribution in [0.2, 0.25) is 0 Å². The molecule has 8 heteroatoms. The minimum absolute atomic E-state index is 0.163. The monoisotopic (exact) mass is 390 g/mol. The van der Waals surface area contributed by atoms with E-state index >= 15 is 0 Å². The maximum absolute atomic E-state index is 13.1. The molecule has 0 radical (unpaired) electrons. The van der Waals surface area contributed by atoms with Crippen LogP contribution in [0.5, 0.6) is 0 Å². The molecule has 0 aliphatic carbocycles. The highest BCUT2D eigenvalue weighted by Gasteiger charge is 2.28. The van der Waals surface area contributed by atoms with Gasteiger partial charge in [-0.2, -0.15) is 0 Å². The number of hydrogen-bond acceptors (Lipinski definition) is 5. The first-order valence-corrected chi connectivity index (χ1v) is 9.93. The van der Waals surface area contributed by atoms with E-state index in [-0.39, 0.29) is 11.7 Å². The molecule has 1 aromatic carbocycles. The number of hydrogen-bond donors (Lipinski definition) is 0. The number of benzene rings is 1. The number of thiophene rings is 1. The first-order valence-electron chi connectivity index (χ1n) is 9.05. The molecule has 0 fully saturated rings. The predicted octanol–water partition coefficient (Wildman–Crippen LogP) is 2.93. The van der Waals surface area contributed by atoms with E-state index < -0.39 is 0 Å². The molecule has 0 atom stereocenters. The summed E-state index contributed by atoms with van der Waals surface area (Å²) in [5, 5.41) is 6.56. The minimum atomic E-state index is -0.163. The van der Waals surface area contributed by atoms with Gasteiger partial charge < -0.3 is 9.47 Å². The fourth-order valence-electron chi connectivity index (χ4n) is 3.49. The van der Waals surface area contributed by atoms with Gasteiger partial charge in [0.15, 0.2) is 5.82 Å². The number of nitrogens with zero attached hydrogens (tertiary/aromatic N) is 6. The van der Waals surface area contributed by atoms with E-state index in [2.05, 4.69) is 15.1 Å². The summed E-state index contributed by atoms with van der Waals surface area (Å²) in [5.41, 5.74) is 3.01. The minimum Gasteiger partial charge on any atom is -0.337 e. The Kier molecular flexibility index (Phi) is 4.05. The lowest BCUT2D eigenvalue weighted by atomic mass is 10.1. The topological polar surface area (TPSA) is 68.8 Å². The predicted molar refractivity (Wildman–Crippen MR) is 106 cm³/mol. The van der Waals surface area contributed by atoms with Crippen molar-refractivity contribution in [3.05, 3.63) is 71.4 Å². The molecule has 4 heterocycles. The van der Waals surface area contributed by atoms with Crippen molar-refractivity contribution in [1.82, 2.24) is 29.2 Å². The lowest BCUT2D eigenvalue weighted by Gasteiger charge is -2.25. The van der Waals surface area contributed by atoms with Crippen LogP contribution in [0.15, 0.2) is 54.2 Å². The number of imidazole rings is 1. The van der Waals surface area contributed by atoms with Crippen molar-refractivity contribution in [1.29, 1.82) is 0 Å². The van der Waals surface area contributed by atoms with Gasteiger partial charge in [0.1, 0.15) is 0 Å². The molecular formula is C20H18N6OS. The van der Waals surface area contributed by atoms with E-state index in [0.29, 0.717) is 18.9 Å². The van der Waals surface area contributed by atoms with Crippen molar-refractivity contribution >= 4 is 17.2 Å². The Morgan fingerprint density at radius 2 is 2.00 bits per heavy atom. The van der Waals surface area contributed by atoms with Crippen molar-refractivity contribution in [2.45, 2.75) is 13.0 Å². The van der Waals surface area contributed by atoms with E-state index in [1.807, 2.05) is 59.5 Å². The number of carbonyl (C=O) groups is 1. The van der Waals surface area contributed by atoms with Gasteiger partial charge >= 0.3 is 0 Å². The Labute approximate surface area is 165 Å². The summed E-state index contributed by atoms with van der Waals surface area (Å²) in [7, 11) is 1.99. The summed E-state index contributed by atoms with van der Waals surface area (Å²) >= 11 is 1.58. The molecule has 0 bridgehead atoms. The Morgan fingerprint density at radius 3 is 2.79 bits per heavy atom. The van der Waals surface area contributed by atoms with Gasteiger partial charge in [-0.1, -0.05) is 24.3 Å². The van der Waals surface area contributed by atoms with Crippen LogP contribution in [-0.2, 0) is 20.0 Å². The number of amides is 1. The molecule has 0 N–H and O–H groups in total. The smallest absolute Gasteiger partial charge is 0.293 e. The number of rotatable bonds is 3. The molecule has 0 unspecified atom stereocenters. The van der Waals surface area contributed by atoms with Gasteiger partial charge in [0.2, 0.25) is 5.82 Å². The normalized spacial score (nSPS) is 13.5. The van der Waals surface area contributed by atoms with Crippen LogP contribution in [0, 0.1) is 0 Å². The maximum Gasteiger partial charge on any atom is 0.293 e. The average Bonchev–Trinajstić information content (AvgIpc) is 3.48. The Morgan fingerprint density at radius 1 is 1.14 bits per heavy atom. The second-order valence-electron chi connectivity index (χ2n) is 6.71. The third-order valence-electron chi connectivity index (χ3n) is 4.93. The second kappa shape index (κ2) is 6.72. The van der Waals surface area contributed by atoms with Gasteiger partial charge in [-0.05, 0) is 23.6 Å². The molecule has 1 aliphatic heterocycles. The highest BCUT2D eigenvalue weighted by atomic mass is 32.1. The van der Waals surface area contributed by atoms with Gasteiger partial charge in [-0.25, -0.2) is 14.6 Å². The van der Waals surface area contributed by atoms with Crippen LogP contribution in [0.3, 0.4) is 0 Å². The molecule has 4 aromatic rings. The van der Waals surface area contributed by atoms with E-state index in [4.69, 9.17) is 0 Å². The fraction of sp³-hybridized carbons (Fsp3) is 0.200. The summed E-state index contributed by atoms with van der Waals surface area (Å²) < 4.78 is 3.77. The molecular weight excluding hydrogens is 372 g/mol. The SMILES string of the molecule is Cn1cnc2c1CCN(C(=O)c1nc(-c3cccs3)n(-c3ccccc3)n1)C2. The van der Waals surface area contributed by atoms with Crippen molar-refractivity contribution in [2.75, 3.05) is 6.54 Å². The van der Waals surface area contributed by atoms with E-state index in [1.165, 1.54) is 5.69 Å². The lowest BCUT2D eigenvalue weighted by Crippen LogP contribution is -2.37. The number of fused-ring (bicyclic) bond motifs is 1. The standard InChI is InChI=1S/C20H18N6OS/c1-24-13-21-15-12-25(10-9-16(15)24)20(27)18-22-19(17-8-5-11-28-17)26(23-18)14-6-3-2-4-7-14/h2-8,11,13H,9-10,12H2,1H3. The molecule has 1 amide bonds. The van der Waals surface area contributed by atoms with Crippen molar-refractivity contribution in [3.63, 3.8) is 0 Å². The van der Waals surface area contributed by atoms with Crippen molar-refractivity contribution < 1.29 is 4.79 Å². The van der Waals surface area contributed by atoms with Crippen LogP contribution >= 0.6 is 11.3 Å². The average molecular weight is 390 g/mol. The molecule has 140 valence electrons. The van der Waals surface area contributed by atoms with Gasteiger partial charge in [0.05, 0.1) is 29.1 Å². The van der Waals surface area contributed by atoms with E-state index in [9.17, 15) is 4.79 Å². The summed E-state index contributed by atoms with van der Waals surface area (Å²) in [6, 6.07) is 13.7. The first kappa shape index (κ1) is 16.9. The molecule has 3 aromatic heterocycles. The number of para-hydroxylation sites is 1. The zero-order valence-corrected chi connectivity index (χ0v) is 16.1. The lowest BCUT2D eigenvalue weighted by molar-refractivity contribution is 0.0719. The molecule has 0 saturated carbocycles. The molecule has 1 aliphatic rings. The number of aryl methyl sites for hydroxylation is 1.